The topological polar surface area (TPSA) is 62.0 Å². The van der Waals surface area contributed by atoms with Gasteiger partial charge in [0.25, 0.3) is 11.7 Å². The van der Waals surface area contributed by atoms with Crippen molar-refractivity contribution in [2.75, 3.05) is 6.54 Å². The molecule has 2 N–H and O–H groups in total. The third kappa shape index (κ3) is 3.43. The Morgan fingerprint density at radius 3 is 2.74 bits per heavy atom. The number of hydrogen-bond acceptors (Lipinski definition) is 2. The Labute approximate surface area is 138 Å². The van der Waals surface area contributed by atoms with Crippen LogP contribution >= 0.6 is 11.6 Å². The van der Waals surface area contributed by atoms with E-state index >= 15 is 0 Å². The van der Waals surface area contributed by atoms with E-state index in [1.54, 1.807) is 12.3 Å². The Morgan fingerprint density at radius 1 is 1.09 bits per heavy atom. The fourth-order valence-electron chi connectivity index (χ4n) is 2.47. The van der Waals surface area contributed by atoms with Crippen molar-refractivity contribution >= 4 is 34.2 Å². The van der Waals surface area contributed by atoms with Crippen LogP contribution in [0.3, 0.4) is 0 Å². The van der Waals surface area contributed by atoms with Gasteiger partial charge < -0.3 is 10.3 Å². The highest BCUT2D eigenvalue weighted by Gasteiger charge is 2.19. The molecule has 116 valence electrons. The Hall–Kier alpha value is -2.59. The van der Waals surface area contributed by atoms with Crippen LogP contribution in [-0.4, -0.2) is 23.2 Å². The number of amides is 1. The molecule has 3 aromatic rings. The summed E-state index contributed by atoms with van der Waals surface area (Å²) in [7, 11) is 0. The summed E-state index contributed by atoms with van der Waals surface area (Å²) in [4.78, 5) is 27.3. The van der Waals surface area contributed by atoms with Crippen LogP contribution in [0.5, 0.6) is 0 Å². The maximum atomic E-state index is 12.3. The van der Waals surface area contributed by atoms with Gasteiger partial charge in [0.15, 0.2) is 0 Å². The van der Waals surface area contributed by atoms with Crippen LogP contribution in [0.4, 0.5) is 0 Å². The van der Waals surface area contributed by atoms with Gasteiger partial charge in [-0.1, -0.05) is 41.9 Å². The number of carbonyl (C=O) groups excluding carboxylic acids is 2. The molecule has 0 atom stereocenters. The monoisotopic (exact) mass is 326 g/mol. The molecule has 1 heterocycles. The van der Waals surface area contributed by atoms with Crippen molar-refractivity contribution in [3.8, 4) is 0 Å². The second kappa shape index (κ2) is 6.67. The number of carbonyl (C=O) groups is 2. The van der Waals surface area contributed by atoms with Crippen molar-refractivity contribution in [2.45, 2.75) is 6.42 Å². The predicted octanol–water partition coefficient (Wildman–Crippen LogP) is 3.36. The van der Waals surface area contributed by atoms with E-state index in [1.165, 1.54) is 0 Å². The molecule has 5 heteroatoms. The van der Waals surface area contributed by atoms with E-state index < -0.39 is 11.7 Å². The summed E-state index contributed by atoms with van der Waals surface area (Å²) in [5.74, 6) is -1.13. The highest BCUT2D eigenvalue weighted by molar-refractivity contribution is 6.44. The highest BCUT2D eigenvalue weighted by atomic mass is 35.5. The number of aromatic amines is 1. The third-order valence-electron chi connectivity index (χ3n) is 3.63. The molecule has 0 aliphatic carbocycles. The molecule has 4 nitrogen and oxygen atoms in total. The molecule has 0 unspecified atom stereocenters. The van der Waals surface area contributed by atoms with Gasteiger partial charge in [0, 0.05) is 28.7 Å². The van der Waals surface area contributed by atoms with E-state index in [9.17, 15) is 9.59 Å². The van der Waals surface area contributed by atoms with Crippen LogP contribution < -0.4 is 5.32 Å². The number of aromatic nitrogens is 1. The molecule has 0 bridgehead atoms. The predicted molar refractivity (Wildman–Crippen MR) is 90.8 cm³/mol. The largest absolute Gasteiger partial charge is 0.360 e. The molecule has 0 spiro atoms. The molecule has 0 aliphatic heterocycles. The second-order valence-electron chi connectivity index (χ2n) is 5.21. The van der Waals surface area contributed by atoms with Crippen molar-refractivity contribution in [1.82, 2.24) is 10.3 Å². The lowest BCUT2D eigenvalue weighted by Gasteiger charge is -2.05. The van der Waals surface area contributed by atoms with Gasteiger partial charge in [0.05, 0.1) is 5.56 Å². The van der Waals surface area contributed by atoms with Crippen molar-refractivity contribution < 1.29 is 9.59 Å². The molecule has 0 saturated carbocycles. The zero-order chi connectivity index (χ0) is 16.2. The summed E-state index contributed by atoms with van der Waals surface area (Å²) in [5.41, 5.74) is 2.24. The number of H-pyrrole nitrogens is 1. The van der Waals surface area contributed by atoms with Crippen LogP contribution in [0.2, 0.25) is 5.02 Å². The molecule has 0 aliphatic rings. The van der Waals surface area contributed by atoms with E-state index in [0.29, 0.717) is 23.6 Å². The minimum atomic E-state index is -0.600. The van der Waals surface area contributed by atoms with Crippen molar-refractivity contribution in [3.05, 3.63) is 70.9 Å². The van der Waals surface area contributed by atoms with E-state index in [4.69, 9.17) is 11.6 Å². The Kier molecular flexibility index (Phi) is 4.44. The van der Waals surface area contributed by atoms with Crippen molar-refractivity contribution in [2.24, 2.45) is 0 Å². The maximum Gasteiger partial charge on any atom is 0.292 e. The standard InChI is InChI=1S/C18H15ClN2O2/c19-13-5-3-4-12(10-13)8-9-20-18(23)17(22)15-11-21-16-7-2-1-6-14(15)16/h1-7,10-11,21H,8-9H2,(H,20,23). The summed E-state index contributed by atoms with van der Waals surface area (Å²) >= 11 is 5.91. The van der Waals surface area contributed by atoms with Gasteiger partial charge in [-0.2, -0.15) is 0 Å². The molecule has 2 aromatic carbocycles. The highest BCUT2D eigenvalue weighted by Crippen LogP contribution is 2.18. The lowest BCUT2D eigenvalue weighted by molar-refractivity contribution is -0.116. The SMILES string of the molecule is O=C(NCCc1cccc(Cl)c1)C(=O)c1c[nH]c2ccccc12. The van der Waals surface area contributed by atoms with Crippen LogP contribution in [0, 0.1) is 0 Å². The fourth-order valence-corrected chi connectivity index (χ4v) is 2.69. The van der Waals surface area contributed by atoms with E-state index in [-0.39, 0.29) is 0 Å². The minimum absolute atomic E-state index is 0.382. The van der Waals surface area contributed by atoms with Gasteiger partial charge in [0.2, 0.25) is 0 Å². The third-order valence-corrected chi connectivity index (χ3v) is 3.86. The van der Waals surface area contributed by atoms with Crippen molar-refractivity contribution in [1.29, 1.82) is 0 Å². The Morgan fingerprint density at radius 2 is 1.91 bits per heavy atom. The molecule has 0 radical (unpaired) electrons. The summed E-state index contributed by atoms with van der Waals surface area (Å²) in [6.07, 6.45) is 2.19. The number of para-hydroxylation sites is 1. The lowest BCUT2D eigenvalue weighted by Crippen LogP contribution is -2.32. The zero-order valence-electron chi connectivity index (χ0n) is 12.3. The van der Waals surface area contributed by atoms with Gasteiger partial charge >= 0.3 is 0 Å². The summed E-state index contributed by atoms with van der Waals surface area (Å²) in [6.45, 7) is 0.382. The van der Waals surface area contributed by atoms with Crippen molar-refractivity contribution in [3.63, 3.8) is 0 Å². The van der Waals surface area contributed by atoms with Crippen LogP contribution in [-0.2, 0) is 11.2 Å². The molecular formula is C18H15ClN2O2. The van der Waals surface area contributed by atoms with Gasteiger partial charge in [-0.05, 0) is 30.2 Å². The average molecular weight is 327 g/mol. The number of hydrogen-bond donors (Lipinski definition) is 2. The molecule has 1 aromatic heterocycles. The van der Waals surface area contributed by atoms with Crippen LogP contribution in [0.1, 0.15) is 15.9 Å². The smallest absolute Gasteiger partial charge is 0.292 e. The number of rotatable bonds is 5. The number of fused-ring (bicyclic) bond motifs is 1. The van der Waals surface area contributed by atoms with E-state index in [1.807, 2.05) is 42.5 Å². The number of ketones is 1. The van der Waals surface area contributed by atoms with E-state index in [2.05, 4.69) is 10.3 Å². The van der Waals surface area contributed by atoms with Crippen LogP contribution in [0.25, 0.3) is 10.9 Å². The normalized spacial score (nSPS) is 10.7. The summed E-state index contributed by atoms with van der Waals surface area (Å²) in [5, 5.41) is 4.07. The van der Waals surface area contributed by atoms with E-state index in [0.717, 1.165) is 16.5 Å². The quantitative estimate of drug-likeness (QED) is 0.558. The first kappa shape index (κ1) is 15.3. The summed E-state index contributed by atoms with van der Waals surface area (Å²) in [6, 6.07) is 14.8. The second-order valence-corrected chi connectivity index (χ2v) is 5.65. The minimum Gasteiger partial charge on any atom is -0.360 e. The first-order valence-corrected chi connectivity index (χ1v) is 7.66. The van der Waals surface area contributed by atoms with Gasteiger partial charge in [-0.25, -0.2) is 0 Å². The first-order valence-electron chi connectivity index (χ1n) is 7.28. The Bertz CT molecular complexity index is 870. The molecule has 23 heavy (non-hydrogen) atoms. The number of benzene rings is 2. The molecule has 0 saturated heterocycles. The number of Topliss-reactive ketones (excluding diaryl/α,β-unsaturated/α-hetero) is 1. The molecule has 1 amide bonds. The number of halogens is 1. The van der Waals surface area contributed by atoms with Crippen LogP contribution in [0.15, 0.2) is 54.7 Å². The Balaban J connectivity index is 1.63. The number of nitrogens with one attached hydrogen (secondary N) is 2. The fraction of sp³-hybridized carbons (Fsp3) is 0.111. The summed E-state index contributed by atoms with van der Waals surface area (Å²) < 4.78 is 0. The maximum absolute atomic E-state index is 12.3. The lowest BCUT2D eigenvalue weighted by atomic mass is 10.1. The van der Waals surface area contributed by atoms with Gasteiger partial charge in [-0.15, -0.1) is 0 Å². The molecule has 0 fully saturated rings. The average Bonchev–Trinajstić information content (AvgIpc) is 2.98. The zero-order valence-corrected chi connectivity index (χ0v) is 13.1. The van der Waals surface area contributed by atoms with Gasteiger partial charge in [-0.3, -0.25) is 9.59 Å². The van der Waals surface area contributed by atoms with Gasteiger partial charge in [0.1, 0.15) is 0 Å². The molecular weight excluding hydrogens is 312 g/mol. The molecule has 3 rings (SSSR count). The first-order chi connectivity index (χ1) is 11.1.